The summed E-state index contributed by atoms with van der Waals surface area (Å²) in [6, 6.07) is 10.2. The largest absolute Gasteiger partial charge is 0.331 e. The van der Waals surface area contributed by atoms with Gasteiger partial charge in [0.2, 0.25) is 5.56 Å². The van der Waals surface area contributed by atoms with Gasteiger partial charge in [0.15, 0.2) is 0 Å². The highest BCUT2D eigenvalue weighted by Crippen LogP contribution is 2.36. The molecule has 24 heavy (non-hydrogen) atoms. The smallest absolute Gasteiger partial charge is 0.319 e. The summed E-state index contributed by atoms with van der Waals surface area (Å²) >= 11 is 6.11. The van der Waals surface area contributed by atoms with Crippen LogP contribution >= 0.6 is 11.6 Å². The van der Waals surface area contributed by atoms with Gasteiger partial charge in [-0.05, 0) is 42.5 Å². The maximum Gasteiger partial charge on any atom is 0.319 e. The molecule has 126 valence electrons. The third-order valence-electron chi connectivity index (χ3n) is 4.40. The first-order valence-corrected chi connectivity index (χ1v) is 8.51. The van der Waals surface area contributed by atoms with Crippen LogP contribution in [0.5, 0.6) is 0 Å². The van der Waals surface area contributed by atoms with Crippen LogP contribution in [-0.2, 0) is 0 Å². The molecule has 3 rings (SSSR count). The quantitative estimate of drug-likeness (QED) is 0.781. The summed E-state index contributed by atoms with van der Waals surface area (Å²) in [5.74, 6) is 0.397. The van der Waals surface area contributed by atoms with Crippen LogP contribution in [0.3, 0.4) is 0 Å². The van der Waals surface area contributed by atoms with Crippen molar-refractivity contribution in [2.75, 3.05) is 5.32 Å². The number of amides is 2. The van der Waals surface area contributed by atoms with E-state index in [4.69, 9.17) is 11.6 Å². The Kier molecular flexibility index (Phi) is 5.20. The maximum atomic E-state index is 12.4. The minimum Gasteiger partial charge on any atom is -0.331 e. The van der Waals surface area contributed by atoms with Crippen molar-refractivity contribution in [1.29, 1.82) is 0 Å². The van der Waals surface area contributed by atoms with Gasteiger partial charge in [0, 0.05) is 23.0 Å². The molecule has 1 fully saturated rings. The van der Waals surface area contributed by atoms with Crippen molar-refractivity contribution in [3.05, 3.63) is 63.5 Å². The molecule has 2 aromatic rings. The van der Waals surface area contributed by atoms with E-state index in [2.05, 4.69) is 15.6 Å². The van der Waals surface area contributed by atoms with Crippen molar-refractivity contribution in [1.82, 2.24) is 10.3 Å². The van der Waals surface area contributed by atoms with Gasteiger partial charge in [0.25, 0.3) is 0 Å². The van der Waals surface area contributed by atoms with Crippen molar-refractivity contribution in [2.24, 2.45) is 5.92 Å². The molecule has 6 heteroatoms. The average molecular weight is 346 g/mol. The SMILES string of the molecule is O=C(Nc1cc[nH]c(=O)c1)NC(c1cccc(Cl)c1)C1CCCC1. The number of nitrogens with one attached hydrogen (secondary N) is 3. The number of carbonyl (C=O) groups is 1. The van der Waals surface area contributed by atoms with Crippen LogP contribution in [0.25, 0.3) is 0 Å². The number of aromatic nitrogens is 1. The highest BCUT2D eigenvalue weighted by atomic mass is 35.5. The van der Waals surface area contributed by atoms with Crippen LogP contribution < -0.4 is 16.2 Å². The lowest BCUT2D eigenvalue weighted by atomic mass is 9.92. The van der Waals surface area contributed by atoms with E-state index < -0.39 is 0 Å². The second-order valence-electron chi connectivity index (χ2n) is 6.12. The fourth-order valence-corrected chi connectivity index (χ4v) is 3.49. The van der Waals surface area contributed by atoms with Gasteiger partial charge >= 0.3 is 6.03 Å². The number of halogens is 1. The van der Waals surface area contributed by atoms with E-state index >= 15 is 0 Å². The predicted molar refractivity (Wildman–Crippen MR) is 95.4 cm³/mol. The summed E-state index contributed by atoms with van der Waals surface area (Å²) in [6.07, 6.45) is 6.03. The molecule has 1 aliphatic rings. The molecule has 1 aromatic carbocycles. The number of hydrogen-bond donors (Lipinski definition) is 3. The number of rotatable bonds is 4. The molecule has 1 saturated carbocycles. The standard InChI is InChI=1S/C18H20ClN3O2/c19-14-7-3-6-13(10-14)17(12-4-1-2-5-12)22-18(24)21-15-8-9-20-16(23)11-15/h3,6-12,17H,1-2,4-5H2,(H3,20,21,22,23,24). The van der Waals surface area contributed by atoms with Crippen molar-refractivity contribution in [2.45, 2.75) is 31.7 Å². The van der Waals surface area contributed by atoms with E-state index in [1.165, 1.54) is 25.1 Å². The van der Waals surface area contributed by atoms with E-state index in [1.807, 2.05) is 24.3 Å². The highest BCUT2D eigenvalue weighted by molar-refractivity contribution is 6.30. The van der Waals surface area contributed by atoms with Crippen LogP contribution in [-0.4, -0.2) is 11.0 Å². The lowest BCUT2D eigenvalue weighted by Gasteiger charge is -2.25. The summed E-state index contributed by atoms with van der Waals surface area (Å²) in [4.78, 5) is 26.2. The fourth-order valence-electron chi connectivity index (χ4n) is 3.29. The minimum absolute atomic E-state index is 0.0896. The molecule has 0 aliphatic heterocycles. The lowest BCUT2D eigenvalue weighted by molar-refractivity contribution is 0.242. The van der Waals surface area contributed by atoms with Gasteiger partial charge in [0.05, 0.1) is 6.04 Å². The summed E-state index contributed by atoms with van der Waals surface area (Å²) < 4.78 is 0. The summed E-state index contributed by atoms with van der Waals surface area (Å²) in [5, 5.41) is 6.43. The van der Waals surface area contributed by atoms with Crippen molar-refractivity contribution in [3.63, 3.8) is 0 Å². The molecule has 5 nitrogen and oxygen atoms in total. The van der Waals surface area contributed by atoms with Crippen LogP contribution in [0.1, 0.15) is 37.3 Å². The van der Waals surface area contributed by atoms with Gasteiger partial charge in [-0.1, -0.05) is 36.6 Å². The lowest BCUT2D eigenvalue weighted by Crippen LogP contribution is -2.36. The molecule has 1 unspecified atom stereocenters. The number of pyridine rings is 1. The zero-order valence-electron chi connectivity index (χ0n) is 13.2. The number of aromatic amines is 1. The molecule has 2 amide bonds. The van der Waals surface area contributed by atoms with Gasteiger partial charge in [0.1, 0.15) is 0 Å². The van der Waals surface area contributed by atoms with Crippen LogP contribution in [0.15, 0.2) is 47.4 Å². The summed E-state index contributed by atoms with van der Waals surface area (Å²) in [6.45, 7) is 0. The molecule has 0 radical (unpaired) electrons. The Morgan fingerprint density at radius 3 is 2.71 bits per heavy atom. The van der Waals surface area contributed by atoms with Gasteiger partial charge in [-0.2, -0.15) is 0 Å². The molecular formula is C18H20ClN3O2. The summed E-state index contributed by atoms with van der Waals surface area (Å²) in [5.41, 5.74) is 1.22. The number of hydrogen-bond acceptors (Lipinski definition) is 2. The Morgan fingerprint density at radius 1 is 1.21 bits per heavy atom. The predicted octanol–water partition coefficient (Wildman–Crippen LogP) is 4.08. The molecule has 1 heterocycles. The molecule has 3 N–H and O–H groups in total. The second-order valence-corrected chi connectivity index (χ2v) is 6.55. The number of benzene rings is 1. The number of carbonyl (C=O) groups excluding carboxylic acids is 1. The van der Waals surface area contributed by atoms with Crippen LogP contribution in [0.4, 0.5) is 10.5 Å². The van der Waals surface area contributed by atoms with Crippen molar-refractivity contribution >= 4 is 23.3 Å². The topological polar surface area (TPSA) is 74.0 Å². The van der Waals surface area contributed by atoms with Crippen LogP contribution in [0, 0.1) is 5.92 Å². The third-order valence-corrected chi connectivity index (χ3v) is 4.63. The first kappa shape index (κ1) is 16.6. The van der Waals surface area contributed by atoms with Crippen LogP contribution in [0.2, 0.25) is 5.02 Å². The van der Waals surface area contributed by atoms with E-state index in [0.29, 0.717) is 16.6 Å². The molecule has 1 atom stereocenters. The van der Waals surface area contributed by atoms with E-state index in [0.717, 1.165) is 18.4 Å². The van der Waals surface area contributed by atoms with Crippen molar-refractivity contribution < 1.29 is 4.79 Å². The Bertz CT molecular complexity index is 769. The van der Waals surface area contributed by atoms with E-state index in [9.17, 15) is 9.59 Å². The Balaban J connectivity index is 1.76. The van der Waals surface area contributed by atoms with E-state index in [1.54, 1.807) is 6.07 Å². The first-order valence-electron chi connectivity index (χ1n) is 8.13. The van der Waals surface area contributed by atoms with Crippen molar-refractivity contribution in [3.8, 4) is 0 Å². The molecular weight excluding hydrogens is 326 g/mol. The molecule has 0 saturated heterocycles. The molecule has 0 spiro atoms. The number of anilines is 1. The molecule has 1 aromatic heterocycles. The second kappa shape index (κ2) is 7.53. The van der Waals surface area contributed by atoms with Gasteiger partial charge in [-0.3, -0.25) is 4.79 Å². The first-order chi connectivity index (χ1) is 11.6. The summed E-state index contributed by atoms with van der Waals surface area (Å²) in [7, 11) is 0. The van der Waals surface area contributed by atoms with E-state index in [-0.39, 0.29) is 17.6 Å². The third kappa shape index (κ3) is 4.17. The minimum atomic E-state index is -0.322. The van der Waals surface area contributed by atoms with Gasteiger partial charge in [-0.25, -0.2) is 4.79 Å². The van der Waals surface area contributed by atoms with Gasteiger partial charge in [-0.15, -0.1) is 0 Å². The number of urea groups is 1. The van der Waals surface area contributed by atoms with Gasteiger partial charge < -0.3 is 15.6 Å². The monoisotopic (exact) mass is 345 g/mol. The average Bonchev–Trinajstić information content (AvgIpc) is 3.07. The molecule has 1 aliphatic carbocycles. The Morgan fingerprint density at radius 2 is 2.00 bits per heavy atom. The zero-order valence-corrected chi connectivity index (χ0v) is 14.0. The molecule has 0 bridgehead atoms. The Labute approximate surface area is 145 Å². The normalized spacial score (nSPS) is 15.9. The Hall–Kier alpha value is -2.27. The highest BCUT2D eigenvalue weighted by Gasteiger charge is 2.28. The maximum absolute atomic E-state index is 12.4. The zero-order chi connectivity index (χ0) is 16.9. The fraction of sp³-hybridized carbons (Fsp3) is 0.333. The number of H-pyrrole nitrogens is 1.